The summed E-state index contributed by atoms with van der Waals surface area (Å²) in [6.07, 6.45) is 3.93. The number of aliphatic hydroxyl groups is 1. The molecule has 0 saturated carbocycles. The van der Waals surface area contributed by atoms with Crippen molar-refractivity contribution in [1.29, 1.82) is 0 Å². The second kappa shape index (κ2) is 6.52. The summed E-state index contributed by atoms with van der Waals surface area (Å²) >= 11 is 2.48. The number of carbonyl (C=O) groups excluding carboxylic acids is 2. The van der Waals surface area contributed by atoms with E-state index in [-0.39, 0.29) is 11.8 Å². The van der Waals surface area contributed by atoms with Crippen LogP contribution in [0.4, 0.5) is 0 Å². The number of nitrogens with one attached hydrogen (secondary N) is 1. The smallest absolute Gasteiger partial charge is 0.262 e. The van der Waals surface area contributed by atoms with Crippen LogP contribution in [0.5, 0.6) is 0 Å². The summed E-state index contributed by atoms with van der Waals surface area (Å²) in [7, 11) is 1.63. The largest absolute Gasteiger partial charge is 0.392 e. The summed E-state index contributed by atoms with van der Waals surface area (Å²) in [5.41, 5.74) is 0.979. The van der Waals surface area contributed by atoms with E-state index in [0.29, 0.717) is 6.42 Å². The fourth-order valence-corrected chi connectivity index (χ4v) is 4.14. The zero-order valence-electron chi connectivity index (χ0n) is 12.8. The number of likely N-dealkylation sites (N-methyl/N-ethyl adjacent to an activating group) is 1. The molecule has 1 saturated heterocycles. The Morgan fingerprint density at radius 2 is 1.82 bits per heavy atom. The lowest BCUT2D eigenvalue weighted by Gasteiger charge is -2.49. The molecule has 2 N–H and O–H groups in total. The minimum Gasteiger partial charge on any atom is -0.392 e. The molecule has 7 heteroatoms. The Balaban J connectivity index is 2.40. The molecule has 0 aliphatic carbocycles. The quantitative estimate of drug-likeness (QED) is 0.834. The molecular weight excluding hydrogens is 320 g/mol. The minimum atomic E-state index is -1.29. The Hall–Kier alpha value is -1.18. The summed E-state index contributed by atoms with van der Waals surface area (Å²) in [4.78, 5) is 24.7. The SMILES string of the molecule is CSC1(CO)NC(=O)C(Cc2ccccc2)(SC)N(C)C1=O. The van der Waals surface area contributed by atoms with Gasteiger partial charge in [0.25, 0.3) is 11.8 Å². The van der Waals surface area contributed by atoms with E-state index >= 15 is 0 Å². The summed E-state index contributed by atoms with van der Waals surface area (Å²) in [6, 6.07) is 9.60. The van der Waals surface area contributed by atoms with Crippen molar-refractivity contribution in [2.75, 3.05) is 26.2 Å². The standard InChI is InChI=1S/C15H20N2O3S2/c1-17-13(20)14(10-18,21-2)16-12(19)15(17,22-3)9-11-7-5-4-6-8-11/h4-8,18H,9-10H2,1-3H3,(H,16,19). The van der Waals surface area contributed by atoms with Crippen molar-refractivity contribution in [3.8, 4) is 0 Å². The number of nitrogens with zero attached hydrogens (tertiary/aromatic N) is 1. The average Bonchev–Trinajstić information content (AvgIpc) is 2.56. The first-order chi connectivity index (χ1) is 10.5. The molecule has 1 heterocycles. The maximum Gasteiger partial charge on any atom is 0.262 e. The van der Waals surface area contributed by atoms with Gasteiger partial charge in [0.2, 0.25) is 0 Å². The molecule has 1 aromatic rings. The normalized spacial score (nSPS) is 28.6. The van der Waals surface area contributed by atoms with Crippen LogP contribution in [0.3, 0.4) is 0 Å². The Morgan fingerprint density at radius 3 is 2.32 bits per heavy atom. The van der Waals surface area contributed by atoms with Gasteiger partial charge in [-0.15, -0.1) is 23.5 Å². The highest BCUT2D eigenvalue weighted by molar-refractivity contribution is 8.01. The van der Waals surface area contributed by atoms with E-state index in [1.54, 1.807) is 13.3 Å². The lowest BCUT2D eigenvalue weighted by atomic mass is 9.99. The van der Waals surface area contributed by atoms with Crippen LogP contribution in [0.1, 0.15) is 5.56 Å². The first-order valence-electron chi connectivity index (χ1n) is 6.81. The Bertz CT molecular complexity index is 563. The van der Waals surface area contributed by atoms with Gasteiger partial charge in [-0.3, -0.25) is 9.59 Å². The highest BCUT2D eigenvalue weighted by atomic mass is 32.2. The van der Waals surface area contributed by atoms with Crippen LogP contribution in [0.15, 0.2) is 30.3 Å². The fourth-order valence-electron chi connectivity index (χ4n) is 2.61. The molecule has 2 unspecified atom stereocenters. The molecular formula is C15H20N2O3S2. The molecule has 1 fully saturated rings. The van der Waals surface area contributed by atoms with Crippen LogP contribution in [0.2, 0.25) is 0 Å². The van der Waals surface area contributed by atoms with E-state index in [0.717, 1.165) is 17.3 Å². The minimum absolute atomic E-state index is 0.255. The van der Waals surface area contributed by atoms with Gasteiger partial charge in [0, 0.05) is 13.5 Å². The van der Waals surface area contributed by atoms with Gasteiger partial charge in [-0.1, -0.05) is 30.3 Å². The molecule has 0 aromatic heterocycles. The van der Waals surface area contributed by atoms with Gasteiger partial charge >= 0.3 is 0 Å². The van der Waals surface area contributed by atoms with Crippen LogP contribution < -0.4 is 5.32 Å². The number of thioether (sulfide) groups is 2. The van der Waals surface area contributed by atoms with E-state index in [2.05, 4.69) is 5.32 Å². The van der Waals surface area contributed by atoms with Gasteiger partial charge in [-0.25, -0.2) is 0 Å². The van der Waals surface area contributed by atoms with Crippen molar-refractivity contribution in [2.45, 2.75) is 16.2 Å². The van der Waals surface area contributed by atoms with Crippen molar-refractivity contribution in [2.24, 2.45) is 0 Å². The van der Waals surface area contributed by atoms with Gasteiger partial charge < -0.3 is 15.3 Å². The fraction of sp³-hybridized carbons (Fsp3) is 0.467. The summed E-state index contributed by atoms with van der Waals surface area (Å²) in [5.74, 6) is -0.540. The van der Waals surface area contributed by atoms with E-state index in [9.17, 15) is 14.7 Å². The predicted octanol–water partition coefficient (Wildman–Crippen LogP) is 0.928. The van der Waals surface area contributed by atoms with Gasteiger partial charge in [0.1, 0.15) is 0 Å². The summed E-state index contributed by atoms with van der Waals surface area (Å²) in [5, 5.41) is 12.3. The van der Waals surface area contributed by atoms with Gasteiger partial charge in [-0.2, -0.15) is 0 Å². The monoisotopic (exact) mass is 340 g/mol. The van der Waals surface area contributed by atoms with Crippen LogP contribution >= 0.6 is 23.5 Å². The molecule has 120 valence electrons. The van der Waals surface area contributed by atoms with Crippen LogP contribution in [0, 0.1) is 0 Å². The summed E-state index contributed by atoms with van der Waals surface area (Å²) in [6.45, 7) is -0.432. The average molecular weight is 340 g/mol. The molecule has 1 aliphatic heterocycles. The zero-order valence-corrected chi connectivity index (χ0v) is 14.5. The van der Waals surface area contributed by atoms with E-state index in [1.165, 1.54) is 16.7 Å². The molecule has 5 nitrogen and oxygen atoms in total. The lowest BCUT2D eigenvalue weighted by molar-refractivity contribution is -0.152. The van der Waals surface area contributed by atoms with Crippen molar-refractivity contribution in [3.63, 3.8) is 0 Å². The maximum absolute atomic E-state index is 12.8. The highest BCUT2D eigenvalue weighted by Gasteiger charge is 2.57. The molecule has 0 radical (unpaired) electrons. The van der Waals surface area contributed by atoms with Crippen molar-refractivity contribution in [3.05, 3.63) is 35.9 Å². The number of amides is 2. The first-order valence-corrected chi connectivity index (χ1v) is 9.26. The number of hydrogen-bond acceptors (Lipinski definition) is 5. The molecule has 2 rings (SSSR count). The third-order valence-corrected chi connectivity index (χ3v) is 6.44. The van der Waals surface area contributed by atoms with E-state index in [1.807, 2.05) is 36.6 Å². The molecule has 2 atom stereocenters. The van der Waals surface area contributed by atoms with Gasteiger partial charge in [0.05, 0.1) is 6.61 Å². The molecule has 1 aromatic carbocycles. The molecule has 22 heavy (non-hydrogen) atoms. The van der Waals surface area contributed by atoms with Crippen molar-refractivity contribution in [1.82, 2.24) is 10.2 Å². The van der Waals surface area contributed by atoms with Gasteiger partial charge in [-0.05, 0) is 18.1 Å². The third-order valence-electron chi connectivity index (χ3n) is 4.06. The first kappa shape index (κ1) is 17.2. The number of hydrogen-bond donors (Lipinski definition) is 2. The topological polar surface area (TPSA) is 69.6 Å². The molecule has 2 amide bonds. The van der Waals surface area contributed by atoms with Crippen molar-refractivity contribution >= 4 is 35.3 Å². The van der Waals surface area contributed by atoms with E-state index in [4.69, 9.17) is 0 Å². The summed E-state index contributed by atoms with van der Waals surface area (Å²) < 4.78 is 0. The van der Waals surface area contributed by atoms with Crippen LogP contribution in [-0.4, -0.2) is 57.7 Å². The Kier molecular flexibility index (Phi) is 5.09. The van der Waals surface area contributed by atoms with Gasteiger partial charge in [0.15, 0.2) is 9.74 Å². The van der Waals surface area contributed by atoms with Crippen molar-refractivity contribution < 1.29 is 14.7 Å². The third kappa shape index (κ3) is 2.61. The maximum atomic E-state index is 12.8. The molecule has 0 bridgehead atoms. The van der Waals surface area contributed by atoms with Crippen LogP contribution in [-0.2, 0) is 16.0 Å². The second-order valence-electron chi connectivity index (χ2n) is 5.16. The number of aliphatic hydroxyl groups excluding tert-OH is 1. The predicted molar refractivity (Wildman–Crippen MR) is 90.6 cm³/mol. The molecule has 1 aliphatic rings. The van der Waals surface area contributed by atoms with Crippen LogP contribution in [0.25, 0.3) is 0 Å². The van der Waals surface area contributed by atoms with E-state index < -0.39 is 16.3 Å². The number of benzene rings is 1. The Morgan fingerprint density at radius 1 is 1.18 bits per heavy atom. The number of rotatable bonds is 5. The molecule has 0 spiro atoms. The Labute approximate surface area is 138 Å². The number of piperazine rings is 1. The lowest BCUT2D eigenvalue weighted by Crippen LogP contribution is -2.74. The highest BCUT2D eigenvalue weighted by Crippen LogP contribution is 2.39. The number of carbonyl (C=O) groups is 2. The second-order valence-corrected chi connectivity index (χ2v) is 7.35. The zero-order chi connectivity index (χ0) is 16.4.